The quantitative estimate of drug-likeness (QED) is 0.677. The molecule has 0 amide bonds. The number of aromatic amines is 1. The van der Waals surface area contributed by atoms with Crippen molar-refractivity contribution in [2.45, 2.75) is 38.3 Å². The van der Waals surface area contributed by atoms with E-state index in [-0.39, 0.29) is 0 Å². The lowest BCUT2D eigenvalue weighted by Crippen LogP contribution is -2.27. The molecule has 3 nitrogen and oxygen atoms in total. The Balaban J connectivity index is 1.66. The van der Waals surface area contributed by atoms with Gasteiger partial charge in [0, 0.05) is 45.5 Å². The Bertz CT molecular complexity index is 825. The topological polar surface area (TPSA) is 40.7 Å². The van der Waals surface area contributed by atoms with Gasteiger partial charge in [-0.1, -0.05) is 15.9 Å². The average molecular weight is 370 g/mol. The van der Waals surface area contributed by atoms with Gasteiger partial charge in [-0.3, -0.25) is 4.98 Å². The Morgan fingerprint density at radius 3 is 2.91 bits per heavy atom. The fourth-order valence-electron chi connectivity index (χ4n) is 3.65. The maximum absolute atomic E-state index is 4.11. The van der Waals surface area contributed by atoms with E-state index in [2.05, 4.69) is 68.5 Å². The van der Waals surface area contributed by atoms with Crippen LogP contribution in [0, 0.1) is 0 Å². The lowest BCUT2D eigenvalue weighted by Gasteiger charge is -2.27. The van der Waals surface area contributed by atoms with Crippen molar-refractivity contribution in [3.05, 3.63) is 64.0 Å². The second kappa shape index (κ2) is 6.10. The molecular weight excluding hydrogens is 350 g/mol. The summed E-state index contributed by atoms with van der Waals surface area (Å²) in [5.41, 5.74) is 5.37. The van der Waals surface area contributed by atoms with E-state index < -0.39 is 0 Å². The lowest BCUT2D eigenvalue weighted by atomic mass is 9.91. The lowest BCUT2D eigenvalue weighted by molar-refractivity contribution is 0.410. The number of aryl methyl sites for hydroxylation is 1. The summed E-state index contributed by atoms with van der Waals surface area (Å²) < 4.78 is 1.15. The number of hydrogen-bond acceptors (Lipinski definition) is 2. The second-order valence-electron chi connectivity index (χ2n) is 6.32. The number of nitrogens with one attached hydrogen (secondary N) is 2. The zero-order valence-corrected chi connectivity index (χ0v) is 14.7. The van der Waals surface area contributed by atoms with Crippen LogP contribution in [0.4, 0.5) is 0 Å². The van der Waals surface area contributed by atoms with Crippen LogP contribution < -0.4 is 5.32 Å². The molecule has 2 aromatic heterocycles. The van der Waals surface area contributed by atoms with E-state index in [1.807, 2.05) is 12.4 Å². The van der Waals surface area contributed by atoms with Gasteiger partial charge in [0.2, 0.25) is 0 Å². The van der Waals surface area contributed by atoms with Gasteiger partial charge in [0.1, 0.15) is 0 Å². The Kier molecular flexibility index (Phi) is 3.95. The number of aromatic nitrogens is 2. The van der Waals surface area contributed by atoms with E-state index in [4.69, 9.17) is 0 Å². The van der Waals surface area contributed by atoms with E-state index in [1.54, 1.807) is 0 Å². The molecule has 2 atom stereocenters. The van der Waals surface area contributed by atoms with Gasteiger partial charge in [-0.05, 0) is 67.6 Å². The van der Waals surface area contributed by atoms with Crippen molar-refractivity contribution in [1.82, 2.24) is 15.3 Å². The minimum absolute atomic E-state index is 0.312. The van der Waals surface area contributed by atoms with E-state index in [0.717, 1.165) is 10.9 Å². The van der Waals surface area contributed by atoms with Crippen LogP contribution in [0.1, 0.15) is 48.7 Å². The molecule has 1 aromatic carbocycles. The zero-order chi connectivity index (χ0) is 15.8. The fraction of sp³-hybridized carbons (Fsp3) is 0.316. The van der Waals surface area contributed by atoms with E-state index in [9.17, 15) is 0 Å². The maximum atomic E-state index is 4.11. The number of fused-ring (bicyclic) bond motifs is 3. The van der Waals surface area contributed by atoms with Gasteiger partial charge in [-0.15, -0.1) is 0 Å². The summed E-state index contributed by atoms with van der Waals surface area (Å²) in [7, 11) is 0. The number of halogens is 1. The molecule has 1 aliphatic carbocycles. The van der Waals surface area contributed by atoms with Gasteiger partial charge in [-0.25, -0.2) is 0 Å². The molecule has 0 saturated heterocycles. The molecule has 23 heavy (non-hydrogen) atoms. The molecule has 2 heterocycles. The molecule has 0 saturated carbocycles. The Hall–Kier alpha value is -1.65. The number of nitrogens with zero attached hydrogens (tertiary/aromatic N) is 1. The average Bonchev–Trinajstić information content (AvgIpc) is 2.95. The van der Waals surface area contributed by atoms with Crippen LogP contribution in [0.15, 0.2) is 47.2 Å². The summed E-state index contributed by atoms with van der Waals surface area (Å²) in [4.78, 5) is 7.76. The van der Waals surface area contributed by atoms with Crippen molar-refractivity contribution in [1.29, 1.82) is 0 Å². The van der Waals surface area contributed by atoms with Crippen LogP contribution >= 0.6 is 15.9 Å². The normalized spacial score (nSPS) is 18.8. The van der Waals surface area contributed by atoms with Gasteiger partial charge in [-0.2, -0.15) is 0 Å². The van der Waals surface area contributed by atoms with Crippen LogP contribution in [-0.4, -0.2) is 9.97 Å². The van der Waals surface area contributed by atoms with Crippen molar-refractivity contribution in [2.75, 3.05) is 0 Å². The van der Waals surface area contributed by atoms with Crippen molar-refractivity contribution >= 4 is 26.8 Å². The van der Waals surface area contributed by atoms with Crippen LogP contribution in [-0.2, 0) is 6.42 Å². The van der Waals surface area contributed by atoms with Crippen LogP contribution in [0.2, 0.25) is 0 Å². The highest BCUT2D eigenvalue weighted by Crippen LogP contribution is 2.36. The van der Waals surface area contributed by atoms with Gasteiger partial charge in [0.15, 0.2) is 0 Å². The minimum atomic E-state index is 0.312. The maximum Gasteiger partial charge on any atom is 0.0480 e. The summed E-state index contributed by atoms with van der Waals surface area (Å²) in [5.74, 6) is 0. The van der Waals surface area contributed by atoms with Crippen LogP contribution in [0.25, 0.3) is 10.9 Å². The third-order valence-corrected chi connectivity index (χ3v) is 5.32. The third-order valence-electron chi connectivity index (χ3n) is 4.83. The fourth-order valence-corrected chi connectivity index (χ4v) is 4.01. The summed E-state index contributed by atoms with van der Waals surface area (Å²) in [6, 6.07) is 11.4. The first kappa shape index (κ1) is 14.9. The number of pyridine rings is 1. The standard InChI is InChI=1S/C19H20BrN3/c1-12(13-7-9-21-10-8-13)22-18-4-2-3-15-16-11-14(20)5-6-17(16)23-19(15)18/h5-12,18,22-23H,2-4H2,1H3/t12-,18-/m1/s1. The predicted molar refractivity (Wildman–Crippen MR) is 97.5 cm³/mol. The molecule has 4 heteroatoms. The van der Waals surface area contributed by atoms with Gasteiger partial charge >= 0.3 is 0 Å². The first-order valence-corrected chi connectivity index (χ1v) is 8.97. The van der Waals surface area contributed by atoms with Crippen molar-refractivity contribution in [2.24, 2.45) is 0 Å². The van der Waals surface area contributed by atoms with Gasteiger partial charge < -0.3 is 10.3 Å². The zero-order valence-electron chi connectivity index (χ0n) is 13.1. The predicted octanol–water partition coefficient (Wildman–Crippen LogP) is 5.05. The highest BCUT2D eigenvalue weighted by molar-refractivity contribution is 9.10. The molecule has 118 valence electrons. The molecule has 0 aliphatic heterocycles. The number of hydrogen-bond donors (Lipinski definition) is 2. The Morgan fingerprint density at radius 2 is 2.09 bits per heavy atom. The molecule has 2 N–H and O–H groups in total. The molecule has 1 aliphatic rings. The summed E-state index contributed by atoms with van der Waals surface area (Å²) in [6.45, 7) is 2.23. The molecule has 0 radical (unpaired) electrons. The van der Waals surface area contributed by atoms with Gasteiger partial charge in [0.25, 0.3) is 0 Å². The van der Waals surface area contributed by atoms with E-state index >= 15 is 0 Å². The van der Waals surface area contributed by atoms with E-state index in [0.29, 0.717) is 12.1 Å². The highest BCUT2D eigenvalue weighted by atomic mass is 79.9. The van der Waals surface area contributed by atoms with Crippen molar-refractivity contribution in [3.63, 3.8) is 0 Å². The summed E-state index contributed by atoms with van der Waals surface area (Å²) in [6.07, 6.45) is 7.29. The van der Waals surface area contributed by atoms with Crippen LogP contribution in [0.5, 0.6) is 0 Å². The van der Waals surface area contributed by atoms with E-state index in [1.165, 1.54) is 40.6 Å². The van der Waals surface area contributed by atoms with Gasteiger partial charge in [0.05, 0.1) is 0 Å². The first-order valence-electron chi connectivity index (χ1n) is 8.18. The number of rotatable bonds is 3. The third kappa shape index (κ3) is 2.81. The SMILES string of the molecule is C[C@@H](N[C@@H]1CCCc2c1[nH]c1ccc(Br)cc21)c1ccncc1. The van der Waals surface area contributed by atoms with Crippen LogP contribution in [0.3, 0.4) is 0 Å². The number of benzene rings is 1. The molecule has 4 rings (SSSR count). The molecule has 3 aromatic rings. The summed E-state index contributed by atoms with van der Waals surface area (Å²) >= 11 is 3.60. The van der Waals surface area contributed by atoms with Crippen molar-refractivity contribution in [3.8, 4) is 0 Å². The largest absolute Gasteiger partial charge is 0.357 e. The first-order chi connectivity index (χ1) is 11.2. The molecular formula is C19H20BrN3. The number of H-pyrrole nitrogens is 1. The summed E-state index contributed by atoms with van der Waals surface area (Å²) in [5, 5.41) is 5.15. The molecule has 0 spiro atoms. The molecule has 0 fully saturated rings. The second-order valence-corrected chi connectivity index (χ2v) is 7.24. The highest BCUT2D eigenvalue weighted by Gasteiger charge is 2.25. The molecule has 0 bridgehead atoms. The minimum Gasteiger partial charge on any atom is -0.357 e. The smallest absolute Gasteiger partial charge is 0.0480 e. The van der Waals surface area contributed by atoms with Crippen molar-refractivity contribution < 1.29 is 0 Å². The monoisotopic (exact) mass is 369 g/mol. The Morgan fingerprint density at radius 1 is 1.26 bits per heavy atom. The Labute approximate surface area is 144 Å². The molecule has 0 unspecified atom stereocenters.